The van der Waals surface area contributed by atoms with Gasteiger partial charge in [-0.3, -0.25) is 9.78 Å². The van der Waals surface area contributed by atoms with Crippen LogP contribution in [-0.4, -0.2) is 29.1 Å². The molecule has 0 saturated heterocycles. The molecule has 30 heavy (non-hydrogen) atoms. The van der Waals surface area contributed by atoms with E-state index in [-0.39, 0.29) is 49.2 Å². The summed E-state index contributed by atoms with van der Waals surface area (Å²) in [5, 5.41) is 2.72. The summed E-state index contributed by atoms with van der Waals surface area (Å²) in [5.41, 5.74) is 5.79. The molecular weight excluding hydrogens is 432 g/mol. The summed E-state index contributed by atoms with van der Waals surface area (Å²) in [6, 6.07) is 9.71. The van der Waals surface area contributed by atoms with Crippen molar-refractivity contribution >= 4 is 36.4 Å². The number of nitrogens with one attached hydrogen (secondary N) is 1. The van der Waals surface area contributed by atoms with Gasteiger partial charge in [0, 0.05) is 36.4 Å². The molecule has 1 saturated carbocycles. The Morgan fingerprint density at radius 2 is 2.03 bits per heavy atom. The summed E-state index contributed by atoms with van der Waals surface area (Å²) in [4.78, 5) is 16.9. The second-order valence-corrected chi connectivity index (χ2v) is 7.55. The topological polar surface area (TPSA) is 86.5 Å². The summed E-state index contributed by atoms with van der Waals surface area (Å²) < 4.78 is 25.5. The van der Waals surface area contributed by atoms with E-state index in [9.17, 15) is 9.18 Å². The molecule has 1 aromatic carbocycles. The van der Waals surface area contributed by atoms with Crippen LogP contribution in [0.4, 0.5) is 10.1 Å². The Morgan fingerprint density at radius 1 is 1.30 bits per heavy atom. The number of hydrogen-bond donors (Lipinski definition) is 2. The van der Waals surface area contributed by atoms with E-state index in [0.717, 1.165) is 0 Å². The van der Waals surface area contributed by atoms with E-state index in [1.54, 1.807) is 24.4 Å². The van der Waals surface area contributed by atoms with Crippen molar-refractivity contribution < 1.29 is 18.7 Å². The van der Waals surface area contributed by atoms with Gasteiger partial charge in [0.2, 0.25) is 5.91 Å². The van der Waals surface area contributed by atoms with Gasteiger partial charge in [-0.15, -0.1) is 24.8 Å². The van der Waals surface area contributed by atoms with E-state index in [2.05, 4.69) is 10.3 Å². The fourth-order valence-corrected chi connectivity index (χ4v) is 3.39. The number of benzene rings is 1. The molecule has 1 aromatic heterocycles. The Kier molecular flexibility index (Phi) is 9.05. The number of nitrogens with two attached hydrogens (primary N) is 1. The van der Waals surface area contributed by atoms with Crippen LogP contribution in [0.15, 0.2) is 42.6 Å². The lowest BCUT2D eigenvalue weighted by Gasteiger charge is -2.57. The maximum absolute atomic E-state index is 14.4. The molecule has 9 heteroatoms. The van der Waals surface area contributed by atoms with Crippen molar-refractivity contribution in [3.8, 4) is 5.75 Å². The molecule has 3 N–H and O–H groups in total. The summed E-state index contributed by atoms with van der Waals surface area (Å²) >= 11 is 0. The van der Waals surface area contributed by atoms with Gasteiger partial charge in [-0.2, -0.15) is 0 Å². The Hall–Kier alpha value is -1.93. The monoisotopic (exact) mass is 459 g/mol. The molecule has 2 atom stereocenters. The molecule has 1 aliphatic carbocycles. The lowest BCUT2D eigenvalue weighted by molar-refractivity contribution is -0.166. The lowest BCUT2D eigenvalue weighted by atomic mass is 9.54. The SMILES string of the molecule is CCOC1CC(N)(C(=O)Nc2ccc(OCc3ccccn3)c(F)c2)C1(C)C.Cl.Cl. The first-order valence-electron chi connectivity index (χ1n) is 9.32. The minimum absolute atomic E-state index is 0. The summed E-state index contributed by atoms with van der Waals surface area (Å²) in [6.07, 6.45) is 1.99. The molecule has 1 heterocycles. The first kappa shape index (κ1) is 26.1. The van der Waals surface area contributed by atoms with Crippen molar-refractivity contribution in [3.63, 3.8) is 0 Å². The average Bonchev–Trinajstić information content (AvgIpc) is 2.67. The van der Waals surface area contributed by atoms with Crippen molar-refractivity contribution in [2.24, 2.45) is 11.1 Å². The molecule has 1 aliphatic rings. The van der Waals surface area contributed by atoms with Crippen LogP contribution in [0.25, 0.3) is 0 Å². The van der Waals surface area contributed by atoms with Crippen LogP contribution >= 0.6 is 24.8 Å². The smallest absolute Gasteiger partial charge is 0.245 e. The molecule has 0 radical (unpaired) electrons. The van der Waals surface area contributed by atoms with Gasteiger partial charge in [0.05, 0.1) is 11.8 Å². The lowest BCUT2D eigenvalue weighted by Crippen LogP contribution is -2.74. The number of pyridine rings is 1. The van der Waals surface area contributed by atoms with Gasteiger partial charge in [-0.25, -0.2) is 4.39 Å². The number of halogens is 3. The van der Waals surface area contributed by atoms with Gasteiger partial charge in [0.1, 0.15) is 12.1 Å². The number of anilines is 1. The Balaban J connectivity index is 0.00000225. The van der Waals surface area contributed by atoms with Gasteiger partial charge in [-0.05, 0) is 31.2 Å². The number of aromatic nitrogens is 1. The van der Waals surface area contributed by atoms with Crippen LogP contribution in [-0.2, 0) is 16.1 Å². The molecule has 2 unspecified atom stereocenters. The largest absolute Gasteiger partial charge is 0.484 e. The predicted octanol–water partition coefficient (Wildman–Crippen LogP) is 4.11. The minimum atomic E-state index is -1.07. The number of carbonyl (C=O) groups is 1. The van der Waals surface area contributed by atoms with Crippen LogP contribution in [0, 0.1) is 11.2 Å². The molecule has 0 bridgehead atoms. The molecule has 0 spiro atoms. The normalized spacial score (nSPS) is 21.4. The van der Waals surface area contributed by atoms with Crippen molar-refractivity contribution in [2.75, 3.05) is 11.9 Å². The van der Waals surface area contributed by atoms with Crippen molar-refractivity contribution in [3.05, 3.63) is 54.1 Å². The first-order chi connectivity index (χ1) is 13.3. The van der Waals surface area contributed by atoms with E-state index < -0.39 is 16.8 Å². The third-order valence-electron chi connectivity index (χ3n) is 5.53. The quantitative estimate of drug-likeness (QED) is 0.650. The summed E-state index contributed by atoms with van der Waals surface area (Å²) in [6.45, 7) is 6.45. The Morgan fingerprint density at radius 3 is 2.60 bits per heavy atom. The minimum Gasteiger partial charge on any atom is -0.484 e. The maximum Gasteiger partial charge on any atom is 0.245 e. The zero-order valence-corrected chi connectivity index (χ0v) is 18.8. The second kappa shape index (κ2) is 10.4. The Bertz CT molecular complexity index is 855. The van der Waals surface area contributed by atoms with E-state index >= 15 is 0 Å². The van der Waals surface area contributed by atoms with Crippen LogP contribution in [0.2, 0.25) is 0 Å². The number of carbonyl (C=O) groups excluding carboxylic acids is 1. The highest BCUT2D eigenvalue weighted by Crippen LogP contribution is 2.50. The van der Waals surface area contributed by atoms with E-state index in [1.165, 1.54) is 12.1 Å². The zero-order valence-electron chi connectivity index (χ0n) is 17.2. The van der Waals surface area contributed by atoms with Crippen LogP contribution < -0.4 is 15.8 Å². The third kappa shape index (κ3) is 5.03. The van der Waals surface area contributed by atoms with Gasteiger partial charge in [-0.1, -0.05) is 19.9 Å². The number of amides is 1. The second-order valence-electron chi connectivity index (χ2n) is 7.55. The number of nitrogens with zero attached hydrogens (tertiary/aromatic N) is 1. The molecule has 166 valence electrons. The molecule has 3 rings (SSSR count). The third-order valence-corrected chi connectivity index (χ3v) is 5.53. The molecule has 1 fully saturated rings. The van der Waals surface area contributed by atoms with Crippen LogP contribution in [0.5, 0.6) is 5.75 Å². The standard InChI is InChI=1S/C21H26FN3O3.2ClH/c1-4-27-18-12-21(23,20(18,2)3)19(26)25-14-8-9-17(16(22)11-14)28-13-15-7-5-6-10-24-15;;/h5-11,18H,4,12-13,23H2,1-3H3,(H,25,26);2*1H. The number of ether oxygens (including phenoxy) is 2. The van der Waals surface area contributed by atoms with E-state index in [4.69, 9.17) is 15.2 Å². The molecule has 1 amide bonds. The maximum atomic E-state index is 14.4. The molecule has 6 nitrogen and oxygen atoms in total. The van der Waals surface area contributed by atoms with Crippen molar-refractivity contribution in [1.82, 2.24) is 4.98 Å². The van der Waals surface area contributed by atoms with Crippen LogP contribution in [0.3, 0.4) is 0 Å². The predicted molar refractivity (Wildman–Crippen MR) is 119 cm³/mol. The van der Waals surface area contributed by atoms with Crippen LogP contribution in [0.1, 0.15) is 32.9 Å². The molecule has 2 aromatic rings. The fraction of sp³-hybridized carbons (Fsp3) is 0.429. The number of rotatable bonds is 7. The van der Waals surface area contributed by atoms with Gasteiger partial charge >= 0.3 is 0 Å². The average molecular weight is 460 g/mol. The van der Waals surface area contributed by atoms with E-state index in [1.807, 2.05) is 26.8 Å². The fourth-order valence-electron chi connectivity index (χ4n) is 3.39. The highest BCUT2D eigenvalue weighted by molar-refractivity contribution is 5.99. The Labute approximate surface area is 188 Å². The molecular formula is C21H28Cl2FN3O3. The zero-order chi connectivity index (χ0) is 20.4. The van der Waals surface area contributed by atoms with Crippen molar-refractivity contribution in [1.29, 1.82) is 0 Å². The van der Waals surface area contributed by atoms with Gasteiger partial charge in [0.25, 0.3) is 0 Å². The summed E-state index contributed by atoms with van der Waals surface area (Å²) in [5.74, 6) is -0.832. The highest BCUT2D eigenvalue weighted by atomic mass is 35.5. The molecule has 0 aliphatic heterocycles. The van der Waals surface area contributed by atoms with E-state index in [0.29, 0.717) is 24.4 Å². The summed E-state index contributed by atoms with van der Waals surface area (Å²) in [7, 11) is 0. The van der Waals surface area contributed by atoms with Crippen molar-refractivity contribution in [2.45, 2.75) is 45.4 Å². The number of hydrogen-bond acceptors (Lipinski definition) is 5. The highest BCUT2D eigenvalue weighted by Gasteiger charge is 2.62. The van der Waals surface area contributed by atoms with Gasteiger partial charge < -0.3 is 20.5 Å². The first-order valence-corrected chi connectivity index (χ1v) is 9.32. The van der Waals surface area contributed by atoms with Gasteiger partial charge in [0.15, 0.2) is 11.6 Å².